The molecular weight excluding hydrogens is 276 g/mol. The molecule has 0 aliphatic heterocycles. The number of rotatable bonds is 7. The summed E-state index contributed by atoms with van der Waals surface area (Å²) in [5.74, 6) is -1.89. The molecule has 0 atom stereocenters. The predicted octanol–water partition coefficient (Wildman–Crippen LogP) is -0.553. The number of nitrogens with zero attached hydrogens (tertiary/aromatic N) is 2. The zero-order valence-electron chi connectivity index (χ0n) is 12.9. The van der Waals surface area contributed by atoms with Gasteiger partial charge in [-0.1, -0.05) is 6.58 Å². The number of nitrogens with two attached hydrogens (primary N) is 2. The second kappa shape index (κ2) is 7.36. The summed E-state index contributed by atoms with van der Waals surface area (Å²) in [4.78, 5) is 14.3. The van der Waals surface area contributed by atoms with Gasteiger partial charge in [-0.3, -0.25) is 15.6 Å². The Morgan fingerprint density at radius 2 is 1.52 bits per heavy atom. The number of hydrogen-bond donors (Lipinski definition) is 4. The maximum Gasteiger partial charge on any atom is 0.328 e. The normalized spacial score (nSPS) is 10.5. The molecule has 0 bridgehead atoms. The highest BCUT2D eigenvalue weighted by molar-refractivity contribution is 5.81. The molecule has 0 aromatic heterocycles. The van der Waals surface area contributed by atoms with Crippen LogP contribution in [0.2, 0.25) is 0 Å². The fourth-order valence-corrected chi connectivity index (χ4v) is 1.34. The lowest BCUT2D eigenvalue weighted by Gasteiger charge is -2.29. The molecule has 0 aliphatic carbocycles. The van der Waals surface area contributed by atoms with Crippen LogP contribution in [0.1, 0.15) is 13.8 Å². The van der Waals surface area contributed by atoms with E-state index in [0.717, 1.165) is 0 Å². The number of ether oxygens (including phenoxy) is 2. The number of likely N-dealkylation sites (N-methyl/N-ethyl adjacent to an activating group) is 2. The fraction of sp³-hybridized carbons (Fsp3) is 0.583. The Morgan fingerprint density at radius 3 is 1.95 bits per heavy atom. The Hall–Kier alpha value is -2.45. The monoisotopic (exact) mass is 300 g/mol. The first-order valence-corrected chi connectivity index (χ1v) is 6.13. The van der Waals surface area contributed by atoms with Crippen molar-refractivity contribution in [3.8, 4) is 0 Å². The lowest BCUT2D eigenvalue weighted by atomic mass is 10.3. The molecule has 0 rings (SSSR count). The summed E-state index contributed by atoms with van der Waals surface area (Å²) >= 11 is 0. The van der Waals surface area contributed by atoms with E-state index in [4.69, 9.17) is 31.8 Å². The highest BCUT2D eigenvalue weighted by Crippen LogP contribution is 2.16. The van der Waals surface area contributed by atoms with Crippen molar-refractivity contribution in [1.82, 2.24) is 9.80 Å². The summed E-state index contributed by atoms with van der Waals surface area (Å²) in [7, 11) is 3.11. The van der Waals surface area contributed by atoms with E-state index >= 15 is 0 Å². The second-order valence-electron chi connectivity index (χ2n) is 5.00. The second-order valence-corrected chi connectivity index (χ2v) is 5.00. The average molecular weight is 300 g/mol. The first kappa shape index (κ1) is 18.6. The largest absolute Gasteiger partial charge is 0.456 e. The molecule has 0 heterocycles. The molecule has 0 aromatic carbocycles. The summed E-state index contributed by atoms with van der Waals surface area (Å²) < 4.78 is 10.6. The van der Waals surface area contributed by atoms with Gasteiger partial charge < -0.3 is 30.7 Å². The number of nitrogens with one attached hydrogen (secondary N) is 2. The highest BCUT2D eigenvalue weighted by Gasteiger charge is 2.26. The van der Waals surface area contributed by atoms with Crippen LogP contribution in [0.5, 0.6) is 0 Å². The van der Waals surface area contributed by atoms with Gasteiger partial charge in [0, 0.05) is 27.9 Å². The standard InChI is InChI=1S/C12H24N6O3/c1-8(6-17(4)10(13)14)20-12(2,3)21-9(19)7-18(5)11(15)16/h1,6-7H2,2-5H3,(H3,13,14)(H3,15,16). The Kier molecular flexibility index (Phi) is 6.50. The van der Waals surface area contributed by atoms with Crippen molar-refractivity contribution < 1.29 is 14.3 Å². The lowest BCUT2D eigenvalue weighted by molar-refractivity contribution is -0.202. The zero-order valence-corrected chi connectivity index (χ0v) is 12.9. The number of guanidine groups is 2. The molecule has 0 radical (unpaired) electrons. The molecule has 0 saturated carbocycles. The van der Waals surface area contributed by atoms with Crippen LogP contribution in [0.3, 0.4) is 0 Å². The molecule has 0 unspecified atom stereocenters. The Balaban J connectivity index is 4.42. The van der Waals surface area contributed by atoms with E-state index in [1.807, 2.05) is 0 Å². The molecule has 0 fully saturated rings. The van der Waals surface area contributed by atoms with Crippen molar-refractivity contribution in [3.05, 3.63) is 12.3 Å². The van der Waals surface area contributed by atoms with Crippen LogP contribution in [-0.4, -0.2) is 60.7 Å². The van der Waals surface area contributed by atoms with Crippen LogP contribution >= 0.6 is 0 Å². The van der Waals surface area contributed by atoms with Gasteiger partial charge in [-0.2, -0.15) is 0 Å². The molecule has 0 amide bonds. The third-order valence-corrected chi connectivity index (χ3v) is 2.35. The van der Waals surface area contributed by atoms with Crippen LogP contribution < -0.4 is 11.5 Å². The van der Waals surface area contributed by atoms with Crippen molar-refractivity contribution in [2.24, 2.45) is 11.5 Å². The van der Waals surface area contributed by atoms with E-state index < -0.39 is 11.8 Å². The number of carbonyl (C=O) groups excluding carboxylic acids is 1. The first-order valence-electron chi connectivity index (χ1n) is 6.13. The van der Waals surface area contributed by atoms with Gasteiger partial charge >= 0.3 is 5.97 Å². The summed E-state index contributed by atoms with van der Waals surface area (Å²) in [5.41, 5.74) is 10.5. The van der Waals surface area contributed by atoms with E-state index in [1.165, 1.54) is 16.8 Å². The summed E-state index contributed by atoms with van der Waals surface area (Å²) in [6.45, 7) is 6.83. The molecule has 9 heteroatoms. The van der Waals surface area contributed by atoms with E-state index in [-0.39, 0.29) is 25.0 Å². The van der Waals surface area contributed by atoms with Crippen molar-refractivity contribution >= 4 is 17.9 Å². The van der Waals surface area contributed by atoms with Crippen molar-refractivity contribution in [2.75, 3.05) is 27.2 Å². The molecule has 21 heavy (non-hydrogen) atoms. The van der Waals surface area contributed by atoms with Gasteiger partial charge in [-0.25, -0.2) is 0 Å². The van der Waals surface area contributed by atoms with Gasteiger partial charge in [0.25, 0.3) is 0 Å². The van der Waals surface area contributed by atoms with Gasteiger partial charge in [0.15, 0.2) is 11.9 Å². The Morgan fingerprint density at radius 1 is 1.10 bits per heavy atom. The van der Waals surface area contributed by atoms with Crippen molar-refractivity contribution in [3.63, 3.8) is 0 Å². The summed E-state index contributed by atoms with van der Waals surface area (Å²) in [6, 6.07) is 0. The van der Waals surface area contributed by atoms with Gasteiger partial charge in [-0.15, -0.1) is 0 Å². The first-order chi connectivity index (χ1) is 9.44. The van der Waals surface area contributed by atoms with Crippen molar-refractivity contribution in [2.45, 2.75) is 19.6 Å². The molecule has 120 valence electrons. The summed E-state index contributed by atoms with van der Waals surface area (Å²) in [5, 5.41) is 14.4. The molecule has 0 aliphatic rings. The number of hydrogen-bond acceptors (Lipinski definition) is 5. The minimum absolute atomic E-state index is 0.127. The van der Waals surface area contributed by atoms with Crippen LogP contribution in [0.25, 0.3) is 0 Å². The minimum Gasteiger partial charge on any atom is -0.456 e. The average Bonchev–Trinajstić information content (AvgIpc) is 2.25. The highest BCUT2D eigenvalue weighted by atomic mass is 16.7. The third-order valence-electron chi connectivity index (χ3n) is 2.35. The van der Waals surface area contributed by atoms with Crippen LogP contribution in [0, 0.1) is 10.8 Å². The predicted molar refractivity (Wildman–Crippen MR) is 79.5 cm³/mol. The zero-order chi connectivity index (χ0) is 16.8. The van der Waals surface area contributed by atoms with E-state index in [2.05, 4.69) is 6.58 Å². The summed E-state index contributed by atoms with van der Waals surface area (Å²) in [6.07, 6.45) is 0. The Bertz CT molecular complexity index is 397. The Labute approximate surface area is 124 Å². The van der Waals surface area contributed by atoms with Gasteiger partial charge in [0.05, 0.1) is 6.54 Å². The van der Waals surface area contributed by atoms with E-state index in [0.29, 0.717) is 5.76 Å². The fourth-order valence-electron chi connectivity index (χ4n) is 1.34. The SMILES string of the molecule is C=C(CN(C)C(=N)N)OC(C)(C)OC(=O)CN(C)C(=N)N. The smallest absolute Gasteiger partial charge is 0.328 e. The van der Waals surface area contributed by atoms with Gasteiger partial charge in [0.1, 0.15) is 12.3 Å². The lowest BCUT2D eigenvalue weighted by Crippen LogP contribution is -2.41. The van der Waals surface area contributed by atoms with Gasteiger partial charge in [-0.05, 0) is 0 Å². The molecule has 0 spiro atoms. The van der Waals surface area contributed by atoms with Crippen molar-refractivity contribution in [1.29, 1.82) is 10.8 Å². The van der Waals surface area contributed by atoms with Crippen LogP contribution in [0.4, 0.5) is 0 Å². The van der Waals surface area contributed by atoms with E-state index in [1.54, 1.807) is 20.9 Å². The molecule has 9 nitrogen and oxygen atoms in total. The quantitative estimate of drug-likeness (QED) is 0.162. The molecule has 6 N–H and O–H groups in total. The molecule has 0 saturated heterocycles. The van der Waals surface area contributed by atoms with E-state index in [9.17, 15) is 4.79 Å². The minimum atomic E-state index is -1.23. The maximum atomic E-state index is 11.7. The number of carbonyl (C=O) groups is 1. The van der Waals surface area contributed by atoms with Crippen LogP contribution in [-0.2, 0) is 14.3 Å². The number of esters is 1. The van der Waals surface area contributed by atoms with Gasteiger partial charge in [0.2, 0.25) is 5.79 Å². The molecular formula is C12H24N6O3. The van der Waals surface area contributed by atoms with Crippen LogP contribution in [0.15, 0.2) is 12.3 Å². The molecule has 0 aromatic rings. The third kappa shape index (κ3) is 7.65. The topological polar surface area (TPSA) is 142 Å². The maximum absolute atomic E-state index is 11.7.